The molecule has 10 atom stereocenters. The lowest BCUT2D eigenvalue weighted by Crippen LogP contribution is -2.58. The number of aliphatic hydroxyl groups is 2. The van der Waals surface area contributed by atoms with Crippen molar-refractivity contribution < 1.29 is 19.7 Å². The monoisotopic (exact) mass is 406 g/mol. The number of esters is 1. The van der Waals surface area contributed by atoms with Crippen LogP contribution in [0, 0.1) is 46.3 Å². The summed E-state index contributed by atoms with van der Waals surface area (Å²) in [5.41, 5.74) is 0.533. The topological polar surface area (TPSA) is 66.8 Å². The van der Waals surface area contributed by atoms with E-state index in [0.29, 0.717) is 41.4 Å². The minimum Gasteiger partial charge on any atom is -0.469 e. The van der Waals surface area contributed by atoms with Gasteiger partial charge in [-0.25, -0.2) is 0 Å². The number of methoxy groups -OCH3 is 1. The van der Waals surface area contributed by atoms with Crippen LogP contribution in [0.25, 0.3) is 0 Å². The largest absolute Gasteiger partial charge is 0.469 e. The zero-order valence-corrected chi connectivity index (χ0v) is 18.9. The summed E-state index contributed by atoms with van der Waals surface area (Å²) in [4.78, 5) is 11.6. The molecule has 0 aromatic heterocycles. The number of hydrogen-bond acceptors (Lipinski definition) is 4. The van der Waals surface area contributed by atoms with E-state index in [1.54, 1.807) is 0 Å². The van der Waals surface area contributed by atoms with Crippen LogP contribution in [0.1, 0.15) is 85.0 Å². The first kappa shape index (κ1) is 21.6. The standard InChI is InChI=1S/C25H42O4/c1-15(5-8-23(28)29-4)18-6-7-19-17-14-22(27)21-13-16(26)9-11-25(21,3)20(17)10-12-24(18,19)2/h15-22,26-27H,5-14H2,1-4H3/t15-,16+,17-,18+,19-,20-,21-,22+,24+,25-/m1/s1. The SMILES string of the molecule is COC(=O)CC[C@@H](C)[C@@H]1CC[C@@H]2[C@H]3C[C@H](O)[C@H]4C[C@@H](O)CC[C@]4(C)[C@@H]3CC[C@]21C. The van der Waals surface area contributed by atoms with E-state index in [4.69, 9.17) is 4.74 Å². The second kappa shape index (κ2) is 7.82. The molecule has 0 heterocycles. The van der Waals surface area contributed by atoms with Crippen molar-refractivity contribution in [2.45, 2.75) is 97.2 Å². The molecule has 4 aliphatic carbocycles. The van der Waals surface area contributed by atoms with Gasteiger partial charge in [0.1, 0.15) is 0 Å². The van der Waals surface area contributed by atoms with E-state index >= 15 is 0 Å². The minimum absolute atomic E-state index is 0.0888. The van der Waals surface area contributed by atoms with Gasteiger partial charge in [-0.1, -0.05) is 20.8 Å². The van der Waals surface area contributed by atoms with Gasteiger partial charge in [-0.05, 0) is 104 Å². The number of fused-ring (bicyclic) bond motifs is 5. The van der Waals surface area contributed by atoms with E-state index in [9.17, 15) is 15.0 Å². The summed E-state index contributed by atoms with van der Waals surface area (Å²) in [6, 6.07) is 0. The van der Waals surface area contributed by atoms with Crippen LogP contribution in [0.4, 0.5) is 0 Å². The third kappa shape index (κ3) is 3.46. The van der Waals surface area contributed by atoms with Crippen molar-refractivity contribution in [1.29, 1.82) is 0 Å². The van der Waals surface area contributed by atoms with Gasteiger partial charge in [-0.3, -0.25) is 4.79 Å². The van der Waals surface area contributed by atoms with Crippen molar-refractivity contribution in [1.82, 2.24) is 0 Å². The molecule has 166 valence electrons. The molecule has 4 saturated carbocycles. The Morgan fingerprint density at radius 2 is 1.69 bits per heavy atom. The Balaban J connectivity index is 1.52. The number of carbonyl (C=O) groups is 1. The molecule has 29 heavy (non-hydrogen) atoms. The van der Waals surface area contributed by atoms with Crippen molar-refractivity contribution in [2.75, 3.05) is 7.11 Å². The Morgan fingerprint density at radius 3 is 2.41 bits per heavy atom. The number of hydrogen-bond donors (Lipinski definition) is 2. The Kier molecular flexibility index (Phi) is 5.83. The molecule has 4 nitrogen and oxygen atoms in total. The van der Waals surface area contributed by atoms with E-state index in [0.717, 1.165) is 32.1 Å². The average Bonchev–Trinajstić information content (AvgIpc) is 3.05. The van der Waals surface area contributed by atoms with E-state index in [1.165, 1.54) is 32.8 Å². The maximum atomic E-state index is 11.6. The first-order valence-electron chi connectivity index (χ1n) is 12.1. The van der Waals surface area contributed by atoms with E-state index < -0.39 is 0 Å². The van der Waals surface area contributed by atoms with Crippen LogP contribution in [0.2, 0.25) is 0 Å². The Morgan fingerprint density at radius 1 is 1.00 bits per heavy atom. The Labute approximate surface area is 176 Å². The molecule has 4 heteroatoms. The minimum atomic E-state index is -0.255. The Bertz CT molecular complexity index is 620. The predicted octanol–water partition coefficient (Wildman–Crippen LogP) is 4.57. The van der Waals surface area contributed by atoms with Gasteiger partial charge in [0.15, 0.2) is 0 Å². The highest BCUT2D eigenvalue weighted by Crippen LogP contribution is 2.68. The normalized spacial score (nSPS) is 50.2. The third-order valence-electron chi connectivity index (χ3n) is 10.4. The van der Waals surface area contributed by atoms with Crippen LogP contribution in [0.15, 0.2) is 0 Å². The van der Waals surface area contributed by atoms with Gasteiger partial charge in [0.2, 0.25) is 0 Å². The second-order valence-corrected chi connectivity index (χ2v) is 11.5. The maximum Gasteiger partial charge on any atom is 0.305 e. The van der Waals surface area contributed by atoms with Crippen LogP contribution in [-0.4, -0.2) is 35.5 Å². The molecule has 0 saturated heterocycles. The number of carbonyl (C=O) groups excluding carboxylic acids is 1. The first-order chi connectivity index (χ1) is 13.7. The predicted molar refractivity (Wildman–Crippen MR) is 113 cm³/mol. The van der Waals surface area contributed by atoms with Gasteiger partial charge < -0.3 is 14.9 Å². The van der Waals surface area contributed by atoms with Crippen molar-refractivity contribution in [3.8, 4) is 0 Å². The molecule has 4 rings (SSSR count). The highest BCUT2D eigenvalue weighted by Gasteiger charge is 2.62. The van der Waals surface area contributed by atoms with Crippen LogP contribution >= 0.6 is 0 Å². The van der Waals surface area contributed by atoms with Gasteiger partial charge in [0.25, 0.3) is 0 Å². The van der Waals surface area contributed by atoms with E-state index in [2.05, 4.69) is 20.8 Å². The van der Waals surface area contributed by atoms with Crippen LogP contribution < -0.4 is 0 Å². The molecule has 0 spiro atoms. The maximum absolute atomic E-state index is 11.6. The summed E-state index contributed by atoms with van der Waals surface area (Å²) in [5, 5.41) is 21.3. The van der Waals surface area contributed by atoms with E-state index in [1.807, 2.05) is 0 Å². The molecule has 0 unspecified atom stereocenters. The molecule has 0 aliphatic heterocycles. The lowest BCUT2D eigenvalue weighted by Gasteiger charge is -2.62. The summed E-state index contributed by atoms with van der Waals surface area (Å²) >= 11 is 0. The van der Waals surface area contributed by atoms with Gasteiger partial charge in [0, 0.05) is 6.42 Å². The zero-order chi connectivity index (χ0) is 21.0. The highest BCUT2D eigenvalue weighted by molar-refractivity contribution is 5.69. The summed E-state index contributed by atoms with van der Waals surface area (Å²) in [7, 11) is 1.48. The molecule has 4 aliphatic rings. The van der Waals surface area contributed by atoms with Gasteiger partial charge in [-0.2, -0.15) is 0 Å². The smallest absolute Gasteiger partial charge is 0.305 e. The van der Waals surface area contributed by atoms with Crippen LogP contribution in [0.5, 0.6) is 0 Å². The number of ether oxygens (including phenoxy) is 1. The third-order valence-corrected chi connectivity index (χ3v) is 10.4. The van der Waals surface area contributed by atoms with Crippen molar-refractivity contribution >= 4 is 5.97 Å². The zero-order valence-electron chi connectivity index (χ0n) is 18.9. The first-order valence-corrected chi connectivity index (χ1v) is 12.1. The van der Waals surface area contributed by atoms with Gasteiger partial charge in [0.05, 0.1) is 19.3 Å². The quantitative estimate of drug-likeness (QED) is 0.671. The lowest BCUT2D eigenvalue weighted by molar-refractivity contribution is -0.172. The van der Waals surface area contributed by atoms with Gasteiger partial charge in [-0.15, -0.1) is 0 Å². The number of rotatable bonds is 4. The molecule has 0 aromatic rings. The number of aliphatic hydroxyl groups excluding tert-OH is 2. The molecular weight excluding hydrogens is 364 g/mol. The summed E-state index contributed by atoms with van der Waals surface area (Å²) in [5.74, 6) is 3.42. The second-order valence-electron chi connectivity index (χ2n) is 11.5. The molecule has 0 aromatic carbocycles. The van der Waals surface area contributed by atoms with Crippen LogP contribution in [-0.2, 0) is 9.53 Å². The van der Waals surface area contributed by atoms with Crippen molar-refractivity contribution in [3.63, 3.8) is 0 Å². The summed E-state index contributed by atoms with van der Waals surface area (Å²) in [6.07, 6.45) is 9.77. The average molecular weight is 407 g/mol. The molecule has 2 N–H and O–H groups in total. The van der Waals surface area contributed by atoms with E-state index in [-0.39, 0.29) is 29.5 Å². The molecule has 4 fully saturated rings. The molecule has 0 bridgehead atoms. The lowest BCUT2D eigenvalue weighted by atomic mass is 9.44. The summed E-state index contributed by atoms with van der Waals surface area (Å²) < 4.78 is 4.86. The molecule has 0 amide bonds. The van der Waals surface area contributed by atoms with Crippen molar-refractivity contribution in [2.24, 2.45) is 46.3 Å². The fraction of sp³-hybridized carbons (Fsp3) is 0.960. The fourth-order valence-corrected chi connectivity index (χ4v) is 8.90. The van der Waals surface area contributed by atoms with Crippen LogP contribution in [0.3, 0.4) is 0 Å². The fourth-order valence-electron chi connectivity index (χ4n) is 8.90. The van der Waals surface area contributed by atoms with Gasteiger partial charge >= 0.3 is 5.97 Å². The highest BCUT2D eigenvalue weighted by atomic mass is 16.5. The summed E-state index contributed by atoms with van der Waals surface area (Å²) in [6.45, 7) is 7.28. The molecule has 0 radical (unpaired) electrons. The molecular formula is C25H42O4. The Hall–Kier alpha value is -0.610. The van der Waals surface area contributed by atoms with Crippen molar-refractivity contribution in [3.05, 3.63) is 0 Å².